The van der Waals surface area contributed by atoms with E-state index in [0.717, 1.165) is 16.8 Å². The van der Waals surface area contributed by atoms with E-state index in [0.29, 0.717) is 48.6 Å². The number of pyridine rings is 1. The highest BCUT2D eigenvalue weighted by Gasteiger charge is 2.43. The Labute approximate surface area is 238 Å². The molecule has 3 aromatic rings. The highest BCUT2D eigenvalue weighted by atomic mass is 35.5. The standard InChI is InChI=1S/C30H34ClN3O6/c1-29(2,3)19-14-20(17-6-8-18(31)9-7-17)32-21-15-24(40-25(19)21)27(36)34-13-12-33(16-30(34,4)5)26(35)22-10-11-23(39-22)28(37)38/h6-9,14-15,22-23H,10-13,16H2,1-5H3,(H,37,38). The fraction of sp³-hybridized carbons (Fsp3) is 0.467. The van der Waals surface area contributed by atoms with E-state index in [2.05, 4.69) is 20.8 Å². The van der Waals surface area contributed by atoms with Gasteiger partial charge in [-0.2, -0.15) is 0 Å². The summed E-state index contributed by atoms with van der Waals surface area (Å²) in [5, 5.41) is 9.84. The van der Waals surface area contributed by atoms with E-state index in [1.165, 1.54) is 0 Å². The van der Waals surface area contributed by atoms with Gasteiger partial charge in [-0.15, -0.1) is 0 Å². The minimum Gasteiger partial charge on any atom is -0.479 e. The van der Waals surface area contributed by atoms with Crippen LogP contribution in [-0.2, 0) is 19.7 Å². The van der Waals surface area contributed by atoms with Crippen molar-refractivity contribution in [1.82, 2.24) is 14.8 Å². The van der Waals surface area contributed by atoms with Crippen LogP contribution in [0.2, 0.25) is 5.02 Å². The summed E-state index contributed by atoms with van der Waals surface area (Å²) < 4.78 is 11.7. The maximum Gasteiger partial charge on any atom is 0.332 e. The maximum atomic E-state index is 13.8. The van der Waals surface area contributed by atoms with Gasteiger partial charge in [-0.1, -0.05) is 44.5 Å². The Hall–Kier alpha value is -3.43. The van der Waals surface area contributed by atoms with Crippen LogP contribution in [0, 0.1) is 0 Å². The zero-order valence-corrected chi connectivity index (χ0v) is 24.1. The number of carboxylic acid groups (broad SMARTS) is 1. The maximum absolute atomic E-state index is 13.8. The van der Waals surface area contributed by atoms with Gasteiger partial charge in [-0.3, -0.25) is 9.59 Å². The highest BCUT2D eigenvalue weighted by Crippen LogP contribution is 2.36. The zero-order valence-electron chi connectivity index (χ0n) is 23.4. The SMILES string of the molecule is CC(C)(C)c1cc(-c2ccc(Cl)cc2)nc2cc(C(=O)N3CCN(C(=O)C4CCC(C(=O)O)O4)CC3(C)C)oc12. The lowest BCUT2D eigenvalue weighted by molar-refractivity contribution is -0.156. The number of carboxylic acids is 1. The van der Waals surface area contributed by atoms with Gasteiger partial charge < -0.3 is 24.1 Å². The van der Waals surface area contributed by atoms with Crippen molar-refractivity contribution in [2.24, 2.45) is 0 Å². The molecule has 0 saturated carbocycles. The summed E-state index contributed by atoms with van der Waals surface area (Å²) in [6.07, 6.45) is -1.05. The number of nitrogens with zero attached hydrogens (tertiary/aromatic N) is 3. The fourth-order valence-electron chi connectivity index (χ4n) is 5.51. The number of aliphatic carboxylic acids is 1. The number of amides is 2. The number of benzene rings is 1. The van der Waals surface area contributed by atoms with Crippen LogP contribution in [0.1, 0.15) is 63.6 Å². The van der Waals surface area contributed by atoms with Crippen LogP contribution in [0.15, 0.2) is 40.8 Å². The molecule has 2 unspecified atom stereocenters. The van der Waals surface area contributed by atoms with Crippen molar-refractivity contribution in [3.05, 3.63) is 52.7 Å². The molecule has 212 valence electrons. The van der Waals surface area contributed by atoms with Gasteiger partial charge in [0.05, 0.1) is 11.2 Å². The first-order chi connectivity index (χ1) is 18.7. The lowest BCUT2D eigenvalue weighted by Crippen LogP contribution is -2.63. The second-order valence-electron chi connectivity index (χ2n) is 12.2. The van der Waals surface area contributed by atoms with E-state index in [-0.39, 0.29) is 23.0 Å². The Morgan fingerprint density at radius 3 is 2.33 bits per heavy atom. The number of halogens is 1. The lowest BCUT2D eigenvalue weighted by Gasteiger charge is -2.47. The van der Waals surface area contributed by atoms with Crippen LogP contribution < -0.4 is 0 Å². The number of hydrogen-bond donors (Lipinski definition) is 1. The van der Waals surface area contributed by atoms with E-state index >= 15 is 0 Å². The molecule has 40 heavy (non-hydrogen) atoms. The monoisotopic (exact) mass is 567 g/mol. The third kappa shape index (κ3) is 5.32. The van der Waals surface area contributed by atoms with Crippen LogP contribution in [0.5, 0.6) is 0 Å². The minimum atomic E-state index is -1.05. The van der Waals surface area contributed by atoms with Crippen molar-refractivity contribution in [3.63, 3.8) is 0 Å². The molecule has 1 N–H and O–H groups in total. The molecule has 0 radical (unpaired) electrons. The van der Waals surface area contributed by atoms with Gasteiger partial charge in [-0.05, 0) is 50.3 Å². The van der Waals surface area contributed by atoms with Crippen molar-refractivity contribution in [2.75, 3.05) is 19.6 Å². The number of piperazine rings is 1. The molecular formula is C30H34ClN3O6. The Kier molecular flexibility index (Phi) is 7.17. The topological polar surface area (TPSA) is 113 Å². The van der Waals surface area contributed by atoms with Gasteiger partial charge in [0.25, 0.3) is 11.8 Å². The van der Waals surface area contributed by atoms with Crippen LogP contribution in [0.3, 0.4) is 0 Å². The summed E-state index contributed by atoms with van der Waals surface area (Å²) >= 11 is 6.08. The molecule has 9 nitrogen and oxygen atoms in total. The van der Waals surface area contributed by atoms with E-state index in [4.69, 9.17) is 25.7 Å². The first kappa shape index (κ1) is 28.1. The van der Waals surface area contributed by atoms with E-state index in [9.17, 15) is 19.5 Å². The zero-order chi connectivity index (χ0) is 29.0. The number of carbonyl (C=O) groups is 3. The van der Waals surface area contributed by atoms with Crippen molar-refractivity contribution in [2.45, 2.75) is 70.6 Å². The number of fused-ring (bicyclic) bond motifs is 1. The molecule has 2 aliphatic heterocycles. The molecule has 2 fully saturated rings. The third-order valence-corrected chi connectivity index (χ3v) is 7.92. The average molecular weight is 568 g/mol. The van der Waals surface area contributed by atoms with Gasteiger partial charge in [0.1, 0.15) is 11.6 Å². The van der Waals surface area contributed by atoms with Crippen molar-refractivity contribution < 1.29 is 28.6 Å². The number of carbonyl (C=O) groups excluding carboxylic acids is 2. The summed E-state index contributed by atoms with van der Waals surface area (Å²) in [4.78, 5) is 46.3. The summed E-state index contributed by atoms with van der Waals surface area (Å²) in [5.41, 5.74) is 2.82. The number of hydrogen-bond acceptors (Lipinski definition) is 6. The number of rotatable bonds is 4. The quantitative estimate of drug-likeness (QED) is 0.464. The van der Waals surface area contributed by atoms with Gasteiger partial charge in [0, 0.05) is 41.9 Å². The van der Waals surface area contributed by atoms with E-state index in [1.54, 1.807) is 15.9 Å². The molecule has 1 aromatic carbocycles. The number of furan rings is 1. The first-order valence-electron chi connectivity index (χ1n) is 13.4. The van der Waals surface area contributed by atoms with E-state index in [1.807, 2.05) is 44.2 Å². The predicted molar refractivity (Wildman–Crippen MR) is 150 cm³/mol. The molecule has 0 spiro atoms. The van der Waals surface area contributed by atoms with Gasteiger partial charge in [-0.25, -0.2) is 9.78 Å². The summed E-state index contributed by atoms with van der Waals surface area (Å²) in [6.45, 7) is 11.0. The van der Waals surface area contributed by atoms with Crippen LogP contribution in [-0.4, -0.2) is 75.1 Å². The third-order valence-electron chi connectivity index (χ3n) is 7.67. The van der Waals surface area contributed by atoms with Gasteiger partial charge in [0.15, 0.2) is 17.4 Å². The molecule has 2 atom stereocenters. The second-order valence-corrected chi connectivity index (χ2v) is 12.6. The Morgan fingerprint density at radius 2 is 1.73 bits per heavy atom. The normalized spacial score (nSPS) is 21.1. The predicted octanol–water partition coefficient (Wildman–Crippen LogP) is 5.14. The molecule has 0 bridgehead atoms. The van der Waals surface area contributed by atoms with Gasteiger partial charge in [0.2, 0.25) is 0 Å². The average Bonchev–Trinajstić information content (AvgIpc) is 3.54. The summed E-state index contributed by atoms with van der Waals surface area (Å²) in [6, 6.07) is 11.2. The van der Waals surface area contributed by atoms with Crippen molar-refractivity contribution in [1.29, 1.82) is 0 Å². The molecule has 5 rings (SSSR count). The molecule has 2 amide bonds. The first-order valence-corrected chi connectivity index (χ1v) is 13.8. The molecule has 0 aliphatic carbocycles. The molecule has 4 heterocycles. The Balaban J connectivity index is 1.40. The van der Waals surface area contributed by atoms with E-state index < -0.39 is 23.7 Å². The Morgan fingerprint density at radius 1 is 1.05 bits per heavy atom. The van der Waals surface area contributed by atoms with Crippen LogP contribution in [0.25, 0.3) is 22.4 Å². The molecule has 2 aromatic heterocycles. The van der Waals surface area contributed by atoms with Gasteiger partial charge >= 0.3 is 5.97 Å². The molecule has 2 saturated heterocycles. The number of aromatic nitrogens is 1. The summed E-state index contributed by atoms with van der Waals surface area (Å²) in [7, 11) is 0. The number of ether oxygens (including phenoxy) is 1. The second kappa shape index (κ2) is 10.2. The minimum absolute atomic E-state index is 0.192. The largest absolute Gasteiger partial charge is 0.479 e. The van der Waals surface area contributed by atoms with Crippen LogP contribution >= 0.6 is 11.6 Å². The fourth-order valence-corrected chi connectivity index (χ4v) is 5.64. The van der Waals surface area contributed by atoms with Crippen molar-refractivity contribution >= 4 is 40.5 Å². The molecule has 2 aliphatic rings. The smallest absolute Gasteiger partial charge is 0.332 e. The highest BCUT2D eigenvalue weighted by molar-refractivity contribution is 6.30. The lowest BCUT2D eigenvalue weighted by atomic mass is 9.86. The molecular weight excluding hydrogens is 534 g/mol. The van der Waals surface area contributed by atoms with Crippen LogP contribution in [0.4, 0.5) is 0 Å². The van der Waals surface area contributed by atoms with Crippen molar-refractivity contribution in [3.8, 4) is 11.3 Å². The summed E-state index contributed by atoms with van der Waals surface area (Å²) in [5.74, 6) is -1.37. The molecule has 10 heteroatoms. The Bertz CT molecular complexity index is 1470.